The molecule has 4 rings (SSSR count). The van der Waals surface area contributed by atoms with Gasteiger partial charge in [-0.05, 0) is 50.8 Å². The lowest BCUT2D eigenvalue weighted by Gasteiger charge is -2.50. The fourth-order valence-electron chi connectivity index (χ4n) is 5.09. The molecule has 0 aliphatic carbocycles. The van der Waals surface area contributed by atoms with Crippen LogP contribution in [0.15, 0.2) is 23.1 Å². The van der Waals surface area contributed by atoms with E-state index in [1.807, 2.05) is 0 Å². The zero-order valence-corrected chi connectivity index (χ0v) is 17.8. The standard InChI is InChI=1S/C19H25ClN2O5S/c1-12-18(23)21(2)11-19(27-12)9-13-4-5-14(10-19)22(13)28(24,25)15-6-7-17(26-3)16(20)8-15/h6-8,12-14H,4-5,9-11H2,1-3H3. The Morgan fingerprint density at radius 3 is 2.43 bits per heavy atom. The number of amides is 1. The SMILES string of the molecule is COc1ccc(S(=O)(=O)N2C3CCC2CC2(C3)CN(C)C(=O)C(C)O2)cc1Cl. The minimum absolute atomic E-state index is 0.0269. The van der Waals surface area contributed by atoms with Gasteiger partial charge in [-0.25, -0.2) is 8.42 Å². The number of likely N-dealkylation sites (N-methyl/N-ethyl adjacent to an activating group) is 1. The maximum atomic E-state index is 13.4. The fraction of sp³-hybridized carbons (Fsp3) is 0.632. The van der Waals surface area contributed by atoms with Gasteiger partial charge in [-0.2, -0.15) is 4.31 Å². The normalized spacial score (nSPS) is 33.5. The van der Waals surface area contributed by atoms with Gasteiger partial charge in [-0.15, -0.1) is 0 Å². The van der Waals surface area contributed by atoms with Crippen LogP contribution in [0.5, 0.6) is 5.75 Å². The molecular weight excluding hydrogens is 404 g/mol. The highest BCUT2D eigenvalue weighted by Gasteiger charge is 2.56. The van der Waals surface area contributed by atoms with Crippen LogP contribution in [0.2, 0.25) is 5.02 Å². The number of nitrogens with zero attached hydrogens (tertiary/aromatic N) is 2. The second-order valence-corrected chi connectivity index (χ2v) is 10.3. The summed E-state index contributed by atoms with van der Waals surface area (Å²) in [4.78, 5) is 14.0. The Balaban J connectivity index is 1.62. The molecule has 28 heavy (non-hydrogen) atoms. The molecule has 7 nitrogen and oxygen atoms in total. The van der Waals surface area contributed by atoms with Crippen LogP contribution in [0.25, 0.3) is 0 Å². The van der Waals surface area contributed by atoms with Crippen LogP contribution in [-0.4, -0.2) is 68.0 Å². The number of benzene rings is 1. The van der Waals surface area contributed by atoms with E-state index in [1.54, 1.807) is 29.2 Å². The summed E-state index contributed by atoms with van der Waals surface area (Å²) in [5.41, 5.74) is -0.475. The molecule has 154 valence electrons. The van der Waals surface area contributed by atoms with Crippen molar-refractivity contribution in [3.63, 3.8) is 0 Å². The summed E-state index contributed by atoms with van der Waals surface area (Å²) in [6, 6.07) is 4.28. The van der Waals surface area contributed by atoms with Gasteiger partial charge in [0.15, 0.2) is 0 Å². The van der Waals surface area contributed by atoms with Crippen LogP contribution in [0, 0.1) is 0 Å². The summed E-state index contributed by atoms with van der Waals surface area (Å²) in [5, 5.41) is 0.272. The van der Waals surface area contributed by atoms with Crippen molar-refractivity contribution in [3.8, 4) is 5.75 Å². The number of hydrogen-bond acceptors (Lipinski definition) is 5. The highest BCUT2D eigenvalue weighted by molar-refractivity contribution is 7.89. The number of carbonyl (C=O) groups is 1. The minimum atomic E-state index is -3.68. The van der Waals surface area contributed by atoms with E-state index in [4.69, 9.17) is 21.1 Å². The van der Waals surface area contributed by atoms with Gasteiger partial charge in [-0.3, -0.25) is 4.79 Å². The molecule has 3 atom stereocenters. The molecule has 1 aromatic rings. The average Bonchev–Trinajstić information content (AvgIpc) is 2.93. The van der Waals surface area contributed by atoms with Crippen LogP contribution < -0.4 is 4.74 Å². The Hall–Kier alpha value is -1.35. The van der Waals surface area contributed by atoms with Crippen molar-refractivity contribution in [1.82, 2.24) is 9.21 Å². The summed E-state index contributed by atoms with van der Waals surface area (Å²) in [6.45, 7) is 2.27. The van der Waals surface area contributed by atoms with E-state index in [0.717, 1.165) is 12.8 Å². The second-order valence-electron chi connectivity index (χ2n) is 8.06. The summed E-state index contributed by atoms with van der Waals surface area (Å²) < 4.78 is 39.7. The molecule has 1 aromatic carbocycles. The zero-order chi connectivity index (χ0) is 20.3. The Morgan fingerprint density at radius 1 is 1.25 bits per heavy atom. The smallest absolute Gasteiger partial charge is 0.251 e. The molecular formula is C19H25ClN2O5S. The second kappa shape index (κ2) is 6.86. The van der Waals surface area contributed by atoms with Gasteiger partial charge in [0.05, 0.1) is 22.6 Å². The third-order valence-electron chi connectivity index (χ3n) is 6.14. The number of ether oxygens (including phenoxy) is 2. The van der Waals surface area contributed by atoms with Crippen LogP contribution >= 0.6 is 11.6 Å². The molecule has 0 aromatic heterocycles. The number of hydrogen-bond donors (Lipinski definition) is 0. The molecule has 9 heteroatoms. The lowest BCUT2D eigenvalue weighted by Crippen LogP contribution is -2.63. The van der Waals surface area contributed by atoms with E-state index in [-0.39, 0.29) is 27.9 Å². The van der Waals surface area contributed by atoms with Gasteiger partial charge in [-0.1, -0.05) is 11.6 Å². The van der Waals surface area contributed by atoms with Gasteiger partial charge < -0.3 is 14.4 Å². The monoisotopic (exact) mass is 428 g/mol. The first-order valence-electron chi connectivity index (χ1n) is 9.47. The first-order valence-corrected chi connectivity index (χ1v) is 11.3. The van der Waals surface area contributed by atoms with Crippen molar-refractivity contribution in [3.05, 3.63) is 23.2 Å². The molecule has 3 aliphatic rings. The van der Waals surface area contributed by atoms with Gasteiger partial charge in [0.2, 0.25) is 10.0 Å². The molecule has 1 amide bonds. The van der Waals surface area contributed by atoms with E-state index < -0.39 is 21.7 Å². The lowest BCUT2D eigenvalue weighted by atomic mass is 9.85. The number of piperidine rings is 1. The first-order chi connectivity index (χ1) is 13.2. The maximum absolute atomic E-state index is 13.4. The van der Waals surface area contributed by atoms with Crippen LogP contribution in [0.4, 0.5) is 0 Å². The first kappa shape index (κ1) is 19.9. The molecule has 3 saturated heterocycles. The van der Waals surface area contributed by atoms with Crippen LogP contribution in [0.1, 0.15) is 32.6 Å². The average molecular weight is 429 g/mol. The molecule has 0 radical (unpaired) electrons. The van der Waals surface area contributed by atoms with Crippen molar-refractivity contribution >= 4 is 27.5 Å². The van der Waals surface area contributed by atoms with Crippen LogP contribution in [0.3, 0.4) is 0 Å². The molecule has 2 bridgehead atoms. The predicted octanol–water partition coefficient (Wildman–Crippen LogP) is 2.28. The fourth-order valence-corrected chi connectivity index (χ4v) is 7.31. The van der Waals surface area contributed by atoms with E-state index in [2.05, 4.69) is 0 Å². The van der Waals surface area contributed by atoms with Crippen molar-refractivity contribution in [2.24, 2.45) is 0 Å². The van der Waals surface area contributed by atoms with Crippen molar-refractivity contribution < 1.29 is 22.7 Å². The quantitative estimate of drug-likeness (QED) is 0.738. The Labute approximate surface area is 170 Å². The number of fused-ring (bicyclic) bond motifs is 2. The molecule has 3 heterocycles. The number of halogens is 1. The van der Waals surface area contributed by atoms with Crippen molar-refractivity contribution in [2.75, 3.05) is 20.7 Å². The molecule has 3 fully saturated rings. The lowest BCUT2D eigenvalue weighted by molar-refractivity contribution is -0.189. The highest BCUT2D eigenvalue weighted by Crippen LogP contribution is 2.47. The zero-order valence-electron chi connectivity index (χ0n) is 16.2. The molecule has 0 N–H and O–H groups in total. The minimum Gasteiger partial charge on any atom is -0.495 e. The molecule has 0 saturated carbocycles. The summed E-state index contributed by atoms with van der Waals surface area (Å²) >= 11 is 6.16. The topological polar surface area (TPSA) is 76.2 Å². The van der Waals surface area contributed by atoms with E-state index in [9.17, 15) is 13.2 Å². The summed E-state index contributed by atoms with van der Waals surface area (Å²) in [6.07, 6.45) is 2.28. The number of morpholine rings is 1. The molecule has 1 spiro atoms. The van der Waals surface area contributed by atoms with E-state index >= 15 is 0 Å². The number of methoxy groups -OCH3 is 1. The Bertz CT molecular complexity index is 876. The third kappa shape index (κ3) is 3.10. The maximum Gasteiger partial charge on any atom is 0.251 e. The molecule has 3 aliphatic heterocycles. The Morgan fingerprint density at radius 2 is 1.89 bits per heavy atom. The summed E-state index contributed by atoms with van der Waals surface area (Å²) in [5.74, 6) is 0.416. The largest absolute Gasteiger partial charge is 0.495 e. The molecule has 3 unspecified atom stereocenters. The van der Waals surface area contributed by atoms with E-state index in [0.29, 0.717) is 25.1 Å². The third-order valence-corrected chi connectivity index (χ3v) is 8.44. The van der Waals surface area contributed by atoms with Crippen molar-refractivity contribution in [2.45, 2.75) is 61.3 Å². The van der Waals surface area contributed by atoms with Gasteiger partial charge in [0.25, 0.3) is 5.91 Å². The number of rotatable bonds is 3. The summed E-state index contributed by atoms with van der Waals surface area (Å²) in [7, 11) is -0.403. The van der Waals surface area contributed by atoms with Gasteiger partial charge in [0, 0.05) is 25.7 Å². The van der Waals surface area contributed by atoms with Crippen molar-refractivity contribution in [1.29, 1.82) is 0 Å². The highest BCUT2D eigenvalue weighted by atomic mass is 35.5. The Kier molecular flexibility index (Phi) is 4.89. The van der Waals surface area contributed by atoms with Gasteiger partial charge in [0.1, 0.15) is 11.9 Å². The van der Waals surface area contributed by atoms with E-state index in [1.165, 1.54) is 19.2 Å². The van der Waals surface area contributed by atoms with Gasteiger partial charge >= 0.3 is 0 Å². The predicted molar refractivity (Wildman–Crippen MR) is 104 cm³/mol. The number of carbonyl (C=O) groups excluding carboxylic acids is 1. The van der Waals surface area contributed by atoms with Crippen LogP contribution in [-0.2, 0) is 19.6 Å². The number of sulfonamides is 1.